The molecular formula is C23H20N6. The first kappa shape index (κ1) is 18.3. The summed E-state index contributed by atoms with van der Waals surface area (Å²) in [5.41, 5.74) is 6.58. The van der Waals surface area contributed by atoms with E-state index in [1.165, 1.54) is 0 Å². The summed E-state index contributed by atoms with van der Waals surface area (Å²) in [5, 5.41) is 24.0. The third-order valence-corrected chi connectivity index (χ3v) is 4.65. The van der Waals surface area contributed by atoms with Gasteiger partial charge < -0.3 is 5.84 Å². The molecule has 0 unspecified atom stereocenters. The van der Waals surface area contributed by atoms with Crippen molar-refractivity contribution < 1.29 is 0 Å². The molecule has 1 heterocycles. The van der Waals surface area contributed by atoms with E-state index in [2.05, 4.69) is 20.5 Å². The number of nitrogens with two attached hydrogens (primary N) is 1. The fourth-order valence-electron chi connectivity index (χ4n) is 3.31. The largest absolute Gasteiger partial charge is 0.323 e. The first-order valence-corrected chi connectivity index (χ1v) is 9.18. The Hall–Kier alpha value is -4.06. The zero-order valence-electron chi connectivity index (χ0n) is 15.9. The van der Waals surface area contributed by atoms with Gasteiger partial charge in [-0.15, -0.1) is 0 Å². The number of hydrogen-bond acceptors (Lipinski definition) is 5. The highest BCUT2D eigenvalue weighted by Crippen LogP contribution is 2.29. The molecule has 0 aliphatic carbocycles. The SMILES string of the molecule is Cc1cc(C(=N)/C(=N\N)c2ccccc2)cc(-c2n[nH]nc2-c2ccccc2)c1. The van der Waals surface area contributed by atoms with E-state index in [0.717, 1.165) is 39.2 Å². The molecule has 1 aromatic heterocycles. The molecule has 4 rings (SSSR count). The molecule has 6 heteroatoms. The maximum atomic E-state index is 8.71. The lowest BCUT2D eigenvalue weighted by Crippen LogP contribution is -2.18. The molecule has 0 saturated heterocycles. The molecule has 0 amide bonds. The third kappa shape index (κ3) is 3.68. The minimum atomic E-state index is 0.258. The van der Waals surface area contributed by atoms with Gasteiger partial charge in [0.05, 0.1) is 5.71 Å². The number of H-pyrrole nitrogens is 1. The maximum absolute atomic E-state index is 8.71. The minimum Gasteiger partial charge on any atom is -0.323 e. The van der Waals surface area contributed by atoms with Crippen LogP contribution in [-0.2, 0) is 0 Å². The van der Waals surface area contributed by atoms with E-state index in [-0.39, 0.29) is 5.71 Å². The van der Waals surface area contributed by atoms with Crippen molar-refractivity contribution in [3.63, 3.8) is 0 Å². The molecule has 0 aliphatic heterocycles. The second-order valence-electron chi connectivity index (χ2n) is 6.69. The number of aromatic amines is 1. The van der Waals surface area contributed by atoms with Gasteiger partial charge in [-0.2, -0.15) is 20.5 Å². The highest BCUT2D eigenvalue weighted by Gasteiger charge is 2.17. The summed E-state index contributed by atoms with van der Waals surface area (Å²) in [6.07, 6.45) is 0. The van der Waals surface area contributed by atoms with Crippen LogP contribution in [0.2, 0.25) is 0 Å². The molecule has 3 aromatic carbocycles. The number of rotatable bonds is 5. The summed E-state index contributed by atoms with van der Waals surface area (Å²) in [7, 11) is 0. The van der Waals surface area contributed by atoms with Crippen molar-refractivity contribution in [2.24, 2.45) is 10.9 Å². The molecule has 0 aliphatic rings. The van der Waals surface area contributed by atoms with E-state index in [1.54, 1.807) is 0 Å². The molecule has 0 atom stereocenters. The van der Waals surface area contributed by atoms with Crippen molar-refractivity contribution in [3.05, 3.63) is 95.6 Å². The second kappa shape index (κ2) is 7.90. The van der Waals surface area contributed by atoms with Crippen LogP contribution < -0.4 is 5.84 Å². The molecule has 6 nitrogen and oxygen atoms in total. The van der Waals surface area contributed by atoms with E-state index >= 15 is 0 Å². The Morgan fingerprint density at radius 1 is 0.828 bits per heavy atom. The smallest absolute Gasteiger partial charge is 0.120 e. The summed E-state index contributed by atoms with van der Waals surface area (Å²) in [6, 6.07) is 25.3. The molecule has 0 fully saturated rings. The van der Waals surface area contributed by atoms with Crippen LogP contribution in [0.15, 0.2) is 84.0 Å². The van der Waals surface area contributed by atoms with Crippen molar-refractivity contribution in [1.29, 1.82) is 5.41 Å². The number of aryl methyl sites for hydroxylation is 1. The van der Waals surface area contributed by atoms with Gasteiger partial charge in [0.1, 0.15) is 17.1 Å². The second-order valence-corrected chi connectivity index (χ2v) is 6.69. The van der Waals surface area contributed by atoms with Crippen LogP contribution in [-0.4, -0.2) is 26.8 Å². The Bertz CT molecular complexity index is 1180. The average Bonchev–Trinajstić information content (AvgIpc) is 3.25. The Morgan fingerprint density at radius 3 is 2.10 bits per heavy atom. The summed E-state index contributed by atoms with van der Waals surface area (Å²) >= 11 is 0. The van der Waals surface area contributed by atoms with E-state index < -0.39 is 0 Å². The normalized spacial score (nSPS) is 11.4. The van der Waals surface area contributed by atoms with Gasteiger partial charge >= 0.3 is 0 Å². The lowest BCUT2D eigenvalue weighted by atomic mass is 9.95. The van der Waals surface area contributed by atoms with Gasteiger partial charge in [-0.25, -0.2) is 0 Å². The van der Waals surface area contributed by atoms with Crippen LogP contribution >= 0.6 is 0 Å². The van der Waals surface area contributed by atoms with Gasteiger partial charge in [-0.3, -0.25) is 5.41 Å². The molecule has 0 bridgehead atoms. The van der Waals surface area contributed by atoms with Crippen molar-refractivity contribution in [1.82, 2.24) is 15.4 Å². The highest BCUT2D eigenvalue weighted by molar-refractivity contribution is 6.52. The molecule has 4 N–H and O–H groups in total. The topological polar surface area (TPSA) is 104 Å². The van der Waals surface area contributed by atoms with Crippen molar-refractivity contribution in [2.75, 3.05) is 0 Å². The van der Waals surface area contributed by atoms with E-state index in [4.69, 9.17) is 11.3 Å². The van der Waals surface area contributed by atoms with Crippen LogP contribution in [0, 0.1) is 12.3 Å². The summed E-state index contributed by atoms with van der Waals surface area (Å²) < 4.78 is 0. The number of nitrogens with zero attached hydrogens (tertiary/aromatic N) is 3. The van der Waals surface area contributed by atoms with Gasteiger partial charge in [0.15, 0.2) is 0 Å². The zero-order valence-corrected chi connectivity index (χ0v) is 15.9. The van der Waals surface area contributed by atoms with Crippen LogP contribution in [0.25, 0.3) is 22.5 Å². The maximum Gasteiger partial charge on any atom is 0.120 e. The average molecular weight is 380 g/mol. The lowest BCUT2D eigenvalue weighted by molar-refractivity contribution is 0.944. The van der Waals surface area contributed by atoms with E-state index in [9.17, 15) is 0 Å². The van der Waals surface area contributed by atoms with Gasteiger partial charge in [0.25, 0.3) is 0 Å². The van der Waals surface area contributed by atoms with Gasteiger partial charge in [0, 0.05) is 22.3 Å². The van der Waals surface area contributed by atoms with Crippen molar-refractivity contribution in [2.45, 2.75) is 6.92 Å². The number of hydrogen-bond donors (Lipinski definition) is 3. The molecular weight excluding hydrogens is 360 g/mol. The molecule has 0 radical (unpaired) electrons. The van der Waals surface area contributed by atoms with Crippen LogP contribution in [0.5, 0.6) is 0 Å². The Labute approximate surface area is 168 Å². The predicted molar refractivity (Wildman–Crippen MR) is 116 cm³/mol. The van der Waals surface area contributed by atoms with Crippen molar-refractivity contribution in [3.8, 4) is 22.5 Å². The summed E-state index contributed by atoms with van der Waals surface area (Å²) in [6.45, 7) is 1.99. The van der Waals surface area contributed by atoms with Crippen molar-refractivity contribution >= 4 is 11.4 Å². The highest BCUT2D eigenvalue weighted by atomic mass is 15.3. The quantitative estimate of drug-likeness (QED) is 0.275. The minimum absolute atomic E-state index is 0.258. The Balaban J connectivity index is 1.77. The first-order chi connectivity index (χ1) is 14.2. The Morgan fingerprint density at radius 2 is 1.45 bits per heavy atom. The summed E-state index contributed by atoms with van der Waals surface area (Å²) in [4.78, 5) is 0. The fraction of sp³-hybridized carbons (Fsp3) is 0.0435. The zero-order chi connectivity index (χ0) is 20.2. The van der Waals surface area contributed by atoms with Crippen LogP contribution in [0.1, 0.15) is 16.7 Å². The molecule has 142 valence electrons. The number of aromatic nitrogens is 3. The molecule has 0 saturated carbocycles. The number of nitrogens with one attached hydrogen (secondary N) is 2. The Kier molecular flexibility index (Phi) is 4.99. The molecule has 29 heavy (non-hydrogen) atoms. The number of hydrazone groups is 1. The molecule has 0 spiro atoms. The van der Waals surface area contributed by atoms with E-state index in [0.29, 0.717) is 5.71 Å². The standard InChI is InChI=1S/C23H20N6/c1-15-12-18(20(24)21(26-25)16-8-4-2-5-9-16)14-19(13-15)23-22(27-29-28-23)17-10-6-3-7-11-17/h2-14,24H,25H2,1H3,(H,27,28,29)/b24-20?,26-21-. The van der Waals surface area contributed by atoms with Crippen LogP contribution in [0.4, 0.5) is 0 Å². The van der Waals surface area contributed by atoms with Gasteiger partial charge in [-0.1, -0.05) is 60.7 Å². The number of benzene rings is 3. The third-order valence-electron chi connectivity index (χ3n) is 4.65. The van der Waals surface area contributed by atoms with Gasteiger partial charge in [0.2, 0.25) is 0 Å². The van der Waals surface area contributed by atoms with Crippen LogP contribution in [0.3, 0.4) is 0 Å². The fourth-order valence-corrected chi connectivity index (χ4v) is 3.31. The first-order valence-electron chi connectivity index (χ1n) is 9.18. The summed E-state index contributed by atoms with van der Waals surface area (Å²) in [5.74, 6) is 5.63. The van der Waals surface area contributed by atoms with E-state index in [1.807, 2.05) is 85.8 Å². The lowest BCUT2D eigenvalue weighted by Gasteiger charge is -2.11. The van der Waals surface area contributed by atoms with Gasteiger partial charge in [-0.05, 0) is 30.7 Å². The monoisotopic (exact) mass is 380 g/mol. The molecule has 4 aromatic rings. The predicted octanol–water partition coefficient (Wildman–Crippen LogP) is 4.18.